The van der Waals surface area contributed by atoms with Crippen LogP contribution in [0.25, 0.3) is 0 Å². The number of rotatable bonds is 7. The van der Waals surface area contributed by atoms with Gasteiger partial charge in [-0.2, -0.15) is 0 Å². The highest BCUT2D eigenvalue weighted by molar-refractivity contribution is 9.10. The molecule has 0 bridgehead atoms. The topological polar surface area (TPSA) is 46.9 Å². The van der Waals surface area contributed by atoms with E-state index < -0.39 is 0 Å². The third-order valence-electron chi connectivity index (χ3n) is 4.73. The second-order valence-electron chi connectivity index (χ2n) is 6.51. The van der Waals surface area contributed by atoms with E-state index in [0.717, 1.165) is 21.3 Å². The average Bonchev–Trinajstić information content (AvgIpc) is 3.00. The Kier molecular flexibility index (Phi) is 6.73. The van der Waals surface area contributed by atoms with Crippen molar-refractivity contribution < 1.29 is 4.79 Å². The van der Waals surface area contributed by atoms with Crippen molar-refractivity contribution in [2.45, 2.75) is 30.8 Å². The molecule has 1 aromatic heterocycles. The van der Waals surface area contributed by atoms with Crippen molar-refractivity contribution in [3.63, 3.8) is 0 Å². The van der Waals surface area contributed by atoms with E-state index in [4.69, 9.17) is 0 Å². The summed E-state index contributed by atoms with van der Waals surface area (Å²) in [5.41, 5.74) is 1.33. The van der Waals surface area contributed by atoms with Gasteiger partial charge in [0.25, 0.3) is 0 Å². The van der Waals surface area contributed by atoms with Crippen molar-refractivity contribution in [2.75, 3.05) is 18.8 Å². The molecule has 1 fully saturated rings. The largest absolute Gasteiger partial charge is 0.319 e. The summed E-state index contributed by atoms with van der Waals surface area (Å²) in [7, 11) is 1.92. The molecule has 25 heavy (non-hydrogen) atoms. The highest BCUT2D eigenvalue weighted by Gasteiger charge is 2.17. The number of thioether (sulfide) groups is 1. The summed E-state index contributed by atoms with van der Waals surface area (Å²) in [6.07, 6.45) is 6.80. The molecular formula is C19H24BrN3OS. The van der Waals surface area contributed by atoms with E-state index in [2.05, 4.69) is 26.2 Å². The number of nitrogens with zero attached hydrogens (tertiary/aromatic N) is 2. The van der Waals surface area contributed by atoms with Crippen LogP contribution in [0.2, 0.25) is 0 Å². The van der Waals surface area contributed by atoms with Gasteiger partial charge >= 0.3 is 0 Å². The second kappa shape index (κ2) is 9.01. The fraction of sp³-hybridized carbons (Fsp3) is 0.474. The van der Waals surface area contributed by atoms with Crippen molar-refractivity contribution in [3.8, 4) is 0 Å². The van der Waals surface area contributed by atoms with E-state index in [1.165, 1.54) is 38.8 Å². The third-order valence-corrected chi connectivity index (χ3v) is 6.39. The van der Waals surface area contributed by atoms with Gasteiger partial charge < -0.3 is 9.88 Å². The van der Waals surface area contributed by atoms with Crippen molar-refractivity contribution >= 4 is 33.5 Å². The molecule has 1 aliphatic heterocycles. The predicted molar refractivity (Wildman–Crippen MR) is 106 cm³/mol. The Morgan fingerprint density at radius 2 is 2.04 bits per heavy atom. The molecule has 134 valence electrons. The molecule has 0 aliphatic carbocycles. The zero-order valence-electron chi connectivity index (χ0n) is 14.5. The van der Waals surface area contributed by atoms with Gasteiger partial charge in [0.05, 0.1) is 6.20 Å². The van der Waals surface area contributed by atoms with Gasteiger partial charge in [-0.25, -0.2) is 4.98 Å². The van der Waals surface area contributed by atoms with Gasteiger partial charge in [0.2, 0.25) is 5.78 Å². The number of hydrogen-bond acceptors (Lipinski definition) is 4. The molecule has 1 N–H and O–H groups in total. The molecule has 2 heterocycles. The van der Waals surface area contributed by atoms with Crippen molar-refractivity contribution in [1.82, 2.24) is 14.9 Å². The summed E-state index contributed by atoms with van der Waals surface area (Å²) < 4.78 is 2.89. The van der Waals surface area contributed by atoms with Gasteiger partial charge in [-0.05, 0) is 69.0 Å². The van der Waals surface area contributed by atoms with E-state index in [-0.39, 0.29) is 5.78 Å². The summed E-state index contributed by atoms with van der Waals surface area (Å²) >= 11 is 5.15. The Morgan fingerprint density at radius 1 is 1.32 bits per heavy atom. The van der Waals surface area contributed by atoms with E-state index in [1.54, 1.807) is 18.0 Å². The van der Waals surface area contributed by atoms with Gasteiger partial charge in [0.1, 0.15) is 5.69 Å². The van der Waals surface area contributed by atoms with E-state index in [9.17, 15) is 4.79 Å². The van der Waals surface area contributed by atoms with Crippen LogP contribution >= 0.6 is 27.7 Å². The Hall–Kier alpha value is -1.11. The lowest BCUT2D eigenvalue weighted by molar-refractivity contribution is 0.103. The average molecular weight is 422 g/mol. The minimum Gasteiger partial charge on any atom is -0.319 e. The van der Waals surface area contributed by atoms with Gasteiger partial charge in [-0.3, -0.25) is 4.79 Å². The Labute approximate surface area is 161 Å². The molecule has 0 amide bonds. The minimum absolute atomic E-state index is 0.0176. The fourth-order valence-electron chi connectivity index (χ4n) is 3.19. The van der Waals surface area contributed by atoms with Gasteiger partial charge in [0, 0.05) is 22.8 Å². The normalized spacial score (nSPS) is 15.4. The lowest BCUT2D eigenvalue weighted by atomic mass is 9.94. The quantitative estimate of drug-likeness (QED) is 0.411. The van der Waals surface area contributed by atoms with Crippen LogP contribution in [-0.2, 0) is 7.05 Å². The fourth-order valence-corrected chi connectivity index (χ4v) is 4.37. The SMILES string of the molecule is Cn1c(C(=O)c2ccc(Br)cc2)cnc1SCCCC1CCNCC1. The molecule has 0 spiro atoms. The van der Waals surface area contributed by atoms with Crippen LogP contribution in [0, 0.1) is 5.92 Å². The molecule has 1 saturated heterocycles. The lowest BCUT2D eigenvalue weighted by Gasteiger charge is -2.22. The summed E-state index contributed by atoms with van der Waals surface area (Å²) in [6.45, 7) is 2.33. The minimum atomic E-state index is 0.0176. The highest BCUT2D eigenvalue weighted by atomic mass is 79.9. The highest BCUT2D eigenvalue weighted by Crippen LogP contribution is 2.24. The Morgan fingerprint density at radius 3 is 2.76 bits per heavy atom. The maximum absolute atomic E-state index is 12.6. The van der Waals surface area contributed by atoms with Crippen LogP contribution in [0.3, 0.4) is 0 Å². The zero-order chi connectivity index (χ0) is 17.6. The number of piperidine rings is 1. The number of aromatic nitrogens is 2. The molecule has 4 nitrogen and oxygen atoms in total. The summed E-state index contributed by atoms with van der Waals surface area (Å²) in [5.74, 6) is 1.95. The monoisotopic (exact) mass is 421 g/mol. The second-order valence-corrected chi connectivity index (χ2v) is 8.48. The number of halogens is 1. The van der Waals surface area contributed by atoms with Crippen molar-refractivity contribution in [1.29, 1.82) is 0 Å². The first-order valence-corrected chi connectivity index (χ1v) is 10.6. The number of benzene rings is 1. The maximum Gasteiger partial charge on any atom is 0.211 e. The molecular weight excluding hydrogens is 398 g/mol. The van der Waals surface area contributed by atoms with Gasteiger partial charge in [-0.1, -0.05) is 27.7 Å². The maximum atomic E-state index is 12.6. The molecule has 0 atom stereocenters. The van der Waals surface area contributed by atoms with Crippen molar-refractivity contribution in [2.24, 2.45) is 13.0 Å². The Balaban J connectivity index is 1.53. The van der Waals surface area contributed by atoms with Crippen LogP contribution in [0.5, 0.6) is 0 Å². The zero-order valence-corrected chi connectivity index (χ0v) is 16.9. The van der Waals surface area contributed by atoms with E-state index in [0.29, 0.717) is 11.3 Å². The van der Waals surface area contributed by atoms with Crippen LogP contribution in [0.4, 0.5) is 0 Å². The molecule has 6 heteroatoms. The lowest BCUT2D eigenvalue weighted by Crippen LogP contribution is -2.27. The summed E-state index contributed by atoms with van der Waals surface area (Å²) in [6, 6.07) is 7.45. The first-order chi connectivity index (χ1) is 12.1. The number of carbonyl (C=O) groups excluding carboxylic acids is 1. The third kappa shape index (κ3) is 4.96. The van der Waals surface area contributed by atoms with Crippen molar-refractivity contribution in [3.05, 3.63) is 46.2 Å². The van der Waals surface area contributed by atoms with E-state index in [1.807, 2.05) is 35.9 Å². The van der Waals surface area contributed by atoms with Gasteiger partial charge in [0.15, 0.2) is 5.16 Å². The summed E-state index contributed by atoms with van der Waals surface area (Å²) in [5, 5.41) is 4.34. The first-order valence-electron chi connectivity index (χ1n) is 8.80. The smallest absolute Gasteiger partial charge is 0.211 e. The number of carbonyl (C=O) groups is 1. The number of imidazole rings is 1. The predicted octanol–water partition coefficient (Wildman–Crippen LogP) is 4.29. The number of nitrogens with one attached hydrogen (secondary N) is 1. The van der Waals surface area contributed by atoms with Crippen LogP contribution in [0.15, 0.2) is 40.1 Å². The molecule has 1 aliphatic rings. The summed E-state index contributed by atoms with van der Waals surface area (Å²) in [4.78, 5) is 17.1. The van der Waals surface area contributed by atoms with Crippen LogP contribution in [-0.4, -0.2) is 34.2 Å². The molecule has 2 aromatic rings. The van der Waals surface area contributed by atoms with E-state index >= 15 is 0 Å². The van der Waals surface area contributed by atoms with Crippen LogP contribution in [0.1, 0.15) is 41.7 Å². The first kappa shape index (κ1) is 18.7. The number of hydrogen-bond donors (Lipinski definition) is 1. The molecule has 1 aromatic carbocycles. The van der Waals surface area contributed by atoms with Crippen LogP contribution < -0.4 is 5.32 Å². The van der Waals surface area contributed by atoms with Gasteiger partial charge in [-0.15, -0.1) is 0 Å². The standard InChI is InChI=1S/C19H24BrN3OS/c1-23-17(18(24)15-4-6-16(20)7-5-15)13-22-19(23)25-12-2-3-14-8-10-21-11-9-14/h4-7,13-14,21H,2-3,8-12H2,1H3. The number of ketones is 1. The molecule has 0 unspecified atom stereocenters. The molecule has 0 radical (unpaired) electrons. The molecule has 0 saturated carbocycles. The molecule has 3 rings (SSSR count). The Bertz CT molecular complexity index is 708.